The second kappa shape index (κ2) is 9.42. The predicted molar refractivity (Wildman–Crippen MR) is 106 cm³/mol. The van der Waals surface area contributed by atoms with Gasteiger partial charge in [0.25, 0.3) is 5.91 Å². The number of piperidine rings is 1. The second-order valence-electron chi connectivity index (χ2n) is 7.06. The average Bonchev–Trinajstić information content (AvgIpc) is 2.62. The summed E-state index contributed by atoms with van der Waals surface area (Å²) in [6.45, 7) is 6.47. The number of nitrogens with zero attached hydrogens (tertiary/aromatic N) is 1. The van der Waals surface area contributed by atoms with Crippen LogP contribution in [0.1, 0.15) is 44.0 Å². The Morgan fingerprint density at radius 1 is 1.07 bits per heavy atom. The fourth-order valence-corrected chi connectivity index (χ4v) is 3.44. The molecule has 148 valence electrons. The Kier molecular flexibility index (Phi) is 7.50. The van der Waals surface area contributed by atoms with E-state index in [0.717, 1.165) is 0 Å². The van der Waals surface area contributed by atoms with Crippen molar-refractivity contribution in [1.82, 2.24) is 15.5 Å². The molecule has 1 aromatic rings. The van der Waals surface area contributed by atoms with Gasteiger partial charge in [-0.15, -0.1) is 0 Å². The SMILES string of the molecule is CC(C)NC(=O)C1CCN(C(=O)C(C)NC(=O)c2cccc(Cl)c2Cl)CC1. The number of benzene rings is 1. The van der Waals surface area contributed by atoms with E-state index in [1.165, 1.54) is 0 Å². The number of carbonyl (C=O) groups excluding carboxylic acids is 3. The molecule has 1 fully saturated rings. The van der Waals surface area contributed by atoms with Crippen molar-refractivity contribution >= 4 is 40.9 Å². The first kappa shape index (κ1) is 21.5. The van der Waals surface area contributed by atoms with E-state index in [1.807, 2.05) is 13.8 Å². The molecule has 1 unspecified atom stereocenters. The van der Waals surface area contributed by atoms with E-state index in [9.17, 15) is 14.4 Å². The Bertz CT molecular complexity index is 716. The maximum Gasteiger partial charge on any atom is 0.253 e. The maximum absolute atomic E-state index is 12.6. The molecule has 0 aliphatic carbocycles. The van der Waals surface area contributed by atoms with Crippen LogP contribution in [0.3, 0.4) is 0 Å². The third kappa shape index (κ3) is 5.59. The molecule has 0 saturated carbocycles. The van der Waals surface area contributed by atoms with Crippen LogP contribution < -0.4 is 10.6 Å². The third-order valence-electron chi connectivity index (χ3n) is 4.52. The molecule has 0 bridgehead atoms. The lowest BCUT2D eigenvalue weighted by Crippen LogP contribution is -2.50. The van der Waals surface area contributed by atoms with Crippen LogP contribution in [0.25, 0.3) is 0 Å². The smallest absolute Gasteiger partial charge is 0.253 e. The number of rotatable bonds is 5. The van der Waals surface area contributed by atoms with Gasteiger partial charge < -0.3 is 15.5 Å². The lowest BCUT2D eigenvalue weighted by molar-refractivity contribution is -0.137. The molecule has 27 heavy (non-hydrogen) atoms. The number of halogens is 2. The summed E-state index contributed by atoms with van der Waals surface area (Å²) in [5, 5.41) is 6.02. The van der Waals surface area contributed by atoms with Gasteiger partial charge in [-0.2, -0.15) is 0 Å². The Hall–Kier alpha value is -1.79. The zero-order valence-electron chi connectivity index (χ0n) is 15.7. The number of carbonyl (C=O) groups is 3. The number of nitrogens with one attached hydrogen (secondary N) is 2. The lowest BCUT2D eigenvalue weighted by atomic mass is 9.95. The lowest BCUT2D eigenvalue weighted by Gasteiger charge is -2.33. The summed E-state index contributed by atoms with van der Waals surface area (Å²) in [6, 6.07) is 4.18. The van der Waals surface area contributed by atoms with Crippen molar-refractivity contribution in [3.05, 3.63) is 33.8 Å². The van der Waals surface area contributed by atoms with Gasteiger partial charge in [-0.1, -0.05) is 29.3 Å². The van der Waals surface area contributed by atoms with Crippen LogP contribution in [-0.4, -0.2) is 47.8 Å². The molecule has 1 heterocycles. The van der Waals surface area contributed by atoms with Crippen LogP contribution >= 0.6 is 23.2 Å². The first-order valence-corrected chi connectivity index (χ1v) is 9.80. The van der Waals surface area contributed by atoms with Gasteiger partial charge in [0, 0.05) is 25.0 Å². The number of amides is 3. The molecular formula is C19H25Cl2N3O3. The minimum atomic E-state index is -0.700. The number of hydrogen-bond acceptors (Lipinski definition) is 3. The molecule has 8 heteroatoms. The number of likely N-dealkylation sites (tertiary alicyclic amines) is 1. The van der Waals surface area contributed by atoms with Crippen molar-refractivity contribution in [2.24, 2.45) is 5.92 Å². The Morgan fingerprint density at radius 3 is 2.30 bits per heavy atom. The summed E-state index contributed by atoms with van der Waals surface area (Å²) in [5.41, 5.74) is 0.230. The normalized spacial score (nSPS) is 16.1. The van der Waals surface area contributed by atoms with Gasteiger partial charge in [0.15, 0.2) is 0 Å². The van der Waals surface area contributed by atoms with Gasteiger partial charge >= 0.3 is 0 Å². The molecule has 6 nitrogen and oxygen atoms in total. The Labute approximate surface area is 169 Å². The van der Waals surface area contributed by atoms with Crippen molar-refractivity contribution in [1.29, 1.82) is 0 Å². The van der Waals surface area contributed by atoms with E-state index >= 15 is 0 Å². The van der Waals surface area contributed by atoms with Crippen molar-refractivity contribution in [2.75, 3.05) is 13.1 Å². The molecule has 1 aliphatic rings. The quantitative estimate of drug-likeness (QED) is 0.778. The zero-order chi connectivity index (χ0) is 20.1. The van der Waals surface area contributed by atoms with Crippen LogP contribution in [-0.2, 0) is 9.59 Å². The second-order valence-corrected chi connectivity index (χ2v) is 7.84. The highest BCUT2D eigenvalue weighted by molar-refractivity contribution is 6.43. The van der Waals surface area contributed by atoms with E-state index in [4.69, 9.17) is 23.2 Å². The van der Waals surface area contributed by atoms with Crippen molar-refractivity contribution in [2.45, 2.75) is 45.7 Å². The molecule has 1 atom stereocenters. The third-order valence-corrected chi connectivity index (χ3v) is 5.34. The fourth-order valence-electron chi connectivity index (χ4n) is 3.05. The zero-order valence-corrected chi connectivity index (χ0v) is 17.2. The molecule has 2 rings (SSSR count). The molecule has 0 radical (unpaired) electrons. The highest BCUT2D eigenvalue weighted by atomic mass is 35.5. The summed E-state index contributed by atoms with van der Waals surface area (Å²) in [7, 11) is 0. The van der Waals surface area contributed by atoms with E-state index in [0.29, 0.717) is 25.9 Å². The molecular weight excluding hydrogens is 389 g/mol. The highest BCUT2D eigenvalue weighted by Crippen LogP contribution is 2.25. The molecule has 1 aliphatic heterocycles. The first-order valence-electron chi connectivity index (χ1n) is 9.04. The monoisotopic (exact) mass is 413 g/mol. The fraction of sp³-hybridized carbons (Fsp3) is 0.526. The van der Waals surface area contributed by atoms with E-state index in [2.05, 4.69) is 10.6 Å². The van der Waals surface area contributed by atoms with Gasteiger partial charge in [-0.3, -0.25) is 14.4 Å². The summed E-state index contributed by atoms with van der Waals surface area (Å²) < 4.78 is 0. The topological polar surface area (TPSA) is 78.5 Å². The Balaban J connectivity index is 1.90. The summed E-state index contributed by atoms with van der Waals surface area (Å²) >= 11 is 12.0. The highest BCUT2D eigenvalue weighted by Gasteiger charge is 2.30. The standard InChI is InChI=1S/C19H25Cl2N3O3/c1-11(2)22-17(25)13-7-9-24(10-8-13)19(27)12(3)23-18(26)14-5-4-6-15(20)16(14)21/h4-6,11-13H,7-10H2,1-3H3,(H,22,25)(H,23,26). The van der Waals surface area contributed by atoms with Gasteiger partial charge in [0.1, 0.15) is 6.04 Å². The summed E-state index contributed by atoms with van der Waals surface area (Å²) in [6.07, 6.45) is 1.23. The average molecular weight is 414 g/mol. The van der Waals surface area contributed by atoms with Crippen molar-refractivity contribution in [3.8, 4) is 0 Å². The van der Waals surface area contributed by atoms with Crippen molar-refractivity contribution < 1.29 is 14.4 Å². The summed E-state index contributed by atoms with van der Waals surface area (Å²) in [4.78, 5) is 38.8. The van der Waals surface area contributed by atoms with Crippen LogP contribution in [0.5, 0.6) is 0 Å². The van der Waals surface area contributed by atoms with Gasteiger partial charge in [0.05, 0.1) is 15.6 Å². The first-order chi connectivity index (χ1) is 12.7. The van der Waals surface area contributed by atoms with Crippen molar-refractivity contribution in [3.63, 3.8) is 0 Å². The van der Waals surface area contributed by atoms with Crippen LogP contribution in [0.4, 0.5) is 0 Å². The summed E-state index contributed by atoms with van der Waals surface area (Å²) in [5.74, 6) is -0.667. The maximum atomic E-state index is 12.6. The molecule has 3 amide bonds. The van der Waals surface area contributed by atoms with Crippen LogP contribution in [0.2, 0.25) is 10.0 Å². The van der Waals surface area contributed by atoms with Gasteiger partial charge in [-0.05, 0) is 45.7 Å². The number of hydrogen-bond donors (Lipinski definition) is 2. The molecule has 1 saturated heterocycles. The van der Waals surface area contributed by atoms with Crippen LogP contribution in [0.15, 0.2) is 18.2 Å². The minimum absolute atomic E-state index is 0.0362. The molecule has 1 aromatic carbocycles. The van der Waals surface area contributed by atoms with Gasteiger partial charge in [-0.25, -0.2) is 0 Å². The molecule has 2 N–H and O–H groups in total. The molecule has 0 aromatic heterocycles. The van der Waals surface area contributed by atoms with Gasteiger partial charge in [0.2, 0.25) is 11.8 Å². The van der Waals surface area contributed by atoms with E-state index in [1.54, 1.807) is 30.0 Å². The van der Waals surface area contributed by atoms with E-state index in [-0.39, 0.29) is 39.4 Å². The Morgan fingerprint density at radius 2 is 1.70 bits per heavy atom. The van der Waals surface area contributed by atoms with Crippen LogP contribution in [0, 0.1) is 5.92 Å². The predicted octanol–water partition coefficient (Wildman–Crippen LogP) is 2.87. The minimum Gasteiger partial charge on any atom is -0.354 e. The largest absolute Gasteiger partial charge is 0.354 e. The molecule has 0 spiro atoms. The van der Waals surface area contributed by atoms with E-state index < -0.39 is 11.9 Å².